The van der Waals surface area contributed by atoms with Crippen LogP contribution in [0.2, 0.25) is 0 Å². The van der Waals surface area contributed by atoms with Gasteiger partial charge < -0.3 is 14.2 Å². The van der Waals surface area contributed by atoms with Gasteiger partial charge in [-0.3, -0.25) is 0 Å². The first-order chi connectivity index (χ1) is 22.7. The van der Waals surface area contributed by atoms with Crippen LogP contribution in [-0.4, -0.2) is 25.2 Å². The molecule has 1 saturated heterocycles. The maximum absolute atomic E-state index is 15.1. The van der Waals surface area contributed by atoms with Crippen LogP contribution in [0.3, 0.4) is 0 Å². The monoisotopic (exact) mass is 726 g/mol. The Morgan fingerprint density at radius 3 is 1.67 bits per heavy atom. The summed E-state index contributed by atoms with van der Waals surface area (Å²) in [7, 11) is 0. The molecular weight excluding hydrogens is 695 g/mol. The molecule has 2 aromatic rings. The average molecular weight is 727 g/mol. The van der Waals surface area contributed by atoms with Crippen LogP contribution >= 0.6 is 0 Å². The molecule has 0 bridgehead atoms. The summed E-state index contributed by atoms with van der Waals surface area (Å²) in [4.78, 5) is 0. The van der Waals surface area contributed by atoms with Crippen molar-refractivity contribution < 1.29 is 76.0 Å². The second kappa shape index (κ2) is 15.0. The number of hydrogen-bond acceptors (Lipinski definition) is 4. The average Bonchev–Trinajstić information content (AvgIpc) is 2.95. The summed E-state index contributed by atoms with van der Waals surface area (Å²) in [6.07, 6.45) is -12.5. The number of rotatable bonds is 12. The van der Waals surface area contributed by atoms with Crippen LogP contribution in [-0.2, 0) is 21.7 Å². The lowest BCUT2D eigenvalue weighted by Gasteiger charge is -2.39. The molecule has 1 saturated carbocycles. The van der Waals surface area contributed by atoms with Gasteiger partial charge in [0, 0.05) is 30.9 Å². The first kappa shape index (κ1) is 38.6. The van der Waals surface area contributed by atoms with Gasteiger partial charge in [0.2, 0.25) is 0 Å². The molecule has 0 N–H and O–H groups in total. The van der Waals surface area contributed by atoms with Crippen LogP contribution < -0.4 is 9.47 Å². The fourth-order valence-electron chi connectivity index (χ4n) is 6.16. The third-order valence-electron chi connectivity index (χ3n) is 8.51. The van der Waals surface area contributed by atoms with Gasteiger partial charge in [-0.25, -0.2) is 22.3 Å². The summed E-state index contributed by atoms with van der Waals surface area (Å²) in [6.45, 7) is 2.52. The molecule has 4 rings (SSSR count). The molecule has 2 aliphatic rings. The molecule has 2 fully saturated rings. The first-order valence-corrected chi connectivity index (χ1v) is 15.2. The molecule has 49 heavy (non-hydrogen) atoms. The highest BCUT2D eigenvalue weighted by molar-refractivity contribution is 5.36. The zero-order valence-corrected chi connectivity index (χ0v) is 25.7. The minimum atomic E-state index is -6.07. The molecule has 0 aromatic heterocycles. The number of alkyl halides is 9. The summed E-state index contributed by atoms with van der Waals surface area (Å²) >= 11 is 0. The maximum atomic E-state index is 15.1. The fourth-order valence-corrected chi connectivity index (χ4v) is 6.16. The Kier molecular flexibility index (Phi) is 11.8. The minimum Gasteiger partial charge on any atom is -0.432 e. The highest BCUT2D eigenvalue weighted by atomic mass is 19.4. The molecular formula is C32H31F13O4. The topological polar surface area (TPSA) is 36.9 Å². The summed E-state index contributed by atoms with van der Waals surface area (Å²) in [6, 6.07) is -0.827. The van der Waals surface area contributed by atoms with Crippen LogP contribution in [0.15, 0.2) is 36.4 Å². The van der Waals surface area contributed by atoms with E-state index in [-0.39, 0.29) is 37.0 Å². The third-order valence-corrected chi connectivity index (χ3v) is 8.51. The molecule has 1 heterocycles. The van der Waals surface area contributed by atoms with Crippen molar-refractivity contribution in [3.05, 3.63) is 70.8 Å². The lowest BCUT2D eigenvalue weighted by Crippen LogP contribution is -2.40. The van der Waals surface area contributed by atoms with Crippen molar-refractivity contribution in [2.75, 3.05) is 6.61 Å². The highest BCUT2D eigenvalue weighted by Gasteiger charge is 2.50. The Labute approximate surface area is 272 Å². The predicted octanol–water partition coefficient (Wildman–Crippen LogP) is 10.9. The van der Waals surface area contributed by atoms with E-state index in [1.54, 1.807) is 0 Å². The van der Waals surface area contributed by atoms with Gasteiger partial charge in [-0.2, -0.15) is 26.3 Å². The Morgan fingerprint density at radius 2 is 1.20 bits per heavy atom. The lowest BCUT2D eigenvalue weighted by molar-refractivity contribution is -0.432. The summed E-state index contributed by atoms with van der Waals surface area (Å²) < 4.78 is 198. The molecule has 17 heteroatoms. The van der Waals surface area contributed by atoms with E-state index in [2.05, 4.69) is 20.3 Å². The van der Waals surface area contributed by atoms with E-state index in [1.807, 2.05) is 13.0 Å². The Bertz CT molecular complexity index is 1420. The van der Waals surface area contributed by atoms with Crippen LogP contribution in [0.1, 0.15) is 69.4 Å². The Hall–Kier alpha value is -3.21. The number of hydrogen-bond donors (Lipinski definition) is 0. The van der Waals surface area contributed by atoms with Crippen molar-refractivity contribution in [2.24, 2.45) is 17.8 Å². The summed E-state index contributed by atoms with van der Waals surface area (Å²) in [5, 5.41) is 0. The van der Waals surface area contributed by atoms with Gasteiger partial charge in [0.1, 0.15) is 45.9 Å². The Balaban J connectivity index is 1.39. The molecule has 1 aliphatic heterocycles. The second-order valence-electron chi connectivity index (χ2n) is 11.9. The maximum Gasteiger partial charge on any atom is 0.527 e. The van der Waals surface area contributed by atoms with E-state index >= 15 is 8.78 Å². The van der Waals surface area contributed by atoms with Gasteiger partial charge in [-0.05, 0) is 70.1 Å². The van der Waals surface area contributed by atoms with E-state index in [0.717, 1.165) is 25.7 Å². The van der Waals surface area contributed by atoms with E-state index < -0.39 is 88.6 Å². The van der Waals surface area contributed by atoms with E-state index in [1.165, 1.54) is 0 Å². The van der Waals surface area contributed by atoms with Crippen LogP contribution in [0.25, 0.3) is 0 Å². The third kappa shape index (κ3) is 9.73. The standard InChI is InChI=1S/C32H31F13O4/c1-2-3-4-5-17-6-11-26(46-16-17)18-7-9-19(10-8-18)29(37,38)47-20-12-22(33)27(23(34)13-20)30(39,40)48-21-14-24(35)28(25(36)15-21)31(41,42)49-32(43,44)45/h2-3,12-15,17-19,26H,4-11,16H2,1H3. The molecule has 4 nitrogen and oxygen atoms in total. The lowest BCUT2D eigenvalue weighted by atomic mass is 9.76. The van der Waals surface area contributed by atoms with Crippen molar-refractivity contribution in [1.82, 2.24) is 0 Å². The quantitative estimate of drug-likeness (QED) is 0.161. The van der Waals surface area contributed by atoms with Gasteiger partial charge in [0.05, 0.1) is 12.0 Å². The number of halogens is 13. The van der Waals surface area contributed by atoms with E-state index in [0.29, 0.717) is 25.4 Å². The summed E-state index contributed by atoms with van der Waals surface area (Å²) in [5.74, 6) is -13.3. The van der Waals surface area contributed by atoms with Crippen molar-refractivity contribution in [3.63, 3.8) is 0 Å². The molecule has 2 aromatic carbocycles. The molecule has 2 unspecified atom stereocenters. The molecule has 274 valence electrons. The van der Waals surface area contributed by atoms with Gasteiger partial charge in [0.25, 0.3) is 0 Å². The van der Waals surface area contributed by atoms with Gasteiger partial charge in [-0.15, -0.1) is 13.2 Å². The fraction of sp³-hybridized carbons (Fsp3) is 0.562. The van der Waals surface area contributed by atoms with Crippen molar-refractivity contribution >= 4 is 0 Å². The second-order valence-corrected chi connectivity index (χ2v) is 11.9. The van der Waals surface area contributed by atoms with Crippen molar-refractivity contribution in [3.8, 4) is 11.5 Å². The minimum absolute atomic E-state index is 0.00287. The van der Waals surface area contributed by atoms with E-state index in [9.17, 15) is 48.3 Å². The number of benzene rings is 2. The van der Waals surface area contributed by atoms with Crippen molar-refractivity contribution in [1.29, 1.82) is 0 Å². The molecule has 0 amide bonds. The van der Waals surface area contributed by atoms with Gasteiger partial charge in [-0.1, -0.05) is 12.2 Å². The number of allylic oxidation sites excluding steroid dienone is 2. The molecule has 0 spiro atoms. The normalized spacial score (nSPS) is 22.8. The Morgan fingerprint density at radius 1 is 0.694 bits per heavy atom. The zero-order chi connectivity index (χ0) is 36.4. The predicted molar refractivity (Wildman–Crippen MR) is 146 cm³/mol. The smallest absolute Gasteiger partial charge is 0.432 e. The van der Waals surface area contributed by atoms with Gasteiger partial charge in [0.15, 0.2) is 0 Å². The van der Waals surface area contributed by atoms with Crippen LogP contribution in [0.4, 0.5) is 57.1 Å². The zero-order valence-electron chi connectivity index (χ0n) is 25.7. The number of ether oxygens (including phenoxy) is 4. The van der Waals surface area contributed by atoms with Crippen molar-refractivity contribution in [2.45, 2.75) is 89.1 Å². The van der Waals surface area contributed by atoms with Crippen LogP contribution in [0, 0.1) is 41.0 Å². The summed E-state index contributed by atoms with van der Waals surface area (Å²) in [5.41, 5.74) is -4.86. The first-order valence-electron chi connectivity index (χ1n) is 15.2. The molecule has 1 aliphatic carbocycles. The highest BCUT2D eigenvalue weighted by Crippen LogP contribution is 2.45. The molecule has 2 atom stereocenters. The van der Waals surface area contributed by atoms with Crippen LogP contribution in [0.5, 0.6) is 11.5 Å². The molecule has 0 radical (unpaired) electrons. The SMILES string of the molecule is CC=CCCC1CCC(C2CCC(C(F)(F)Oc3cc(F)c(C(F)(F)Oc4cc(F)c(C(F)(F)OC(F)(F)F)c(F)c4)c(F)c3)CC2)OC1. The largest absolute Gasteiger partial charge is 0.527 e. The van der Waals surface area contributed by atoms with E-state index in [4.69, 9.17) is 4.74 Å². The van der Waals surface area contributed by atoms with Gasteiger partial charge >= 0.3 is 24.7 Å².